The van der Waals surface area contributed by atoms with Gasteiger partial charge in [0.15, 0.2) is 11.4 Å². The standard InChI is InChI=1S/C28H40O8/c1-18(2)8-6-9-19(3)10-7-11-20(4)12-13-28-22(29)14-21(25(33)26(28)36-28)17-35-24(32)16-27(5,34)15-23(30)31/h8,10,12,14,25-26,33-34H,6-7,9,11,13,15-17H2,1-5H3,(H,30,31)/b19-10+,20-12+/t25-,26-,27?,28+/m1/s1. The molecule has 2 aliphatic rings. The van der Waals surface area contributed by atoms with Crippen LogP contribution in [0.4, 0.5) is 0 Å². The molecule has 3 N–H and O–H groups in total. The lowest BCUT2D eigenvalue weighted by atomic mass is 9.84. The Morgan fingerprint density at radius 3 is 2.31 bits per heavy atom. The molecule has 200 valence electrons. The Morgan fingerprint density at radius 1 is 1.08 bits per heavy atom. The van der Waals surface area contributed by atoms with Crippen molar-refractivity contribution >= 4 is 17.7 Å². The van der Waals surface area contributed by atoms with Crippen molar-refractivity contribution < 1.29 is 39.2 Å². The smallest absolute Gasteiger partial charge is 0.309 e. The van der Waals surface area contributed by atoms with Crippen molar-refractivity contribution in [2.45, 2.75) is 103 Å². The van der Waals surface area contributed by atoms with Crippen LogP contribution in [-0.2, 0) is 23.9 Å². The number of allylic oxidation sites excluding steroid dienone is 5. The van der Waals surface area contributed by atoms with Crippen LogP contribution in [0, 0.1) is 0 Å². The van der Waals surface area contributed by atoms with Gasteiger partial charge < -0.3 is 24.8 Å². The summed E-state index contributed by atoms with van der Waals surface area (Å²) in [4.78, 5) is 35.5. The number of ketones is 1. The Morgan fingerprint density at radius 2 is 1.69 bits per heavy atom. The Hall–Kier alpha value is -2.55. The average Bonchev–Trinajstić information content (AvgIpc) is 3.49. The molecule has 4 atom stereocenters. The van der Waals surface area contributed by atoms with Gasteiger partial charge in [-0.15, -0.1) is 0 Å². The fourth-order valence-corrected chi connectivity index (χ4v) is 4.25. The monoisotopic (exact) mass is 504 g/mol. The number of esters is 1. The quantitative estimate of drug-likeness (QED) is 0.184. The van der Waals surface area contributed by atoms with Crippen LogP contribution in [0.2, 0.25) is 0 Å². The van der Waals surface area contributed by atoms with E-state index in [9.17, 15) is 24.6 Å². The van der Waals surface area contributed by atoms with E-state index in [1.54, 1.807) is 0 Å². The lowest BCUT2D eigenvalue weighted by Crippen LogP contribution is -2.38. The Kier molecular flexibility index (Phi) is 10.4. The maximum Gasteiger partial charge on any atom is 0.309 e. The molecule has 2 rings (SSSR count). The summed E-state index contributed by atoms with van der Waals surface area (Å²) >= 11 is 0. The molecule has 0 aromatic rings. The molecule has 1 heterocycles. The minimum atomic E-state index is -1.75. The number of carboxylic acids is 1. The molecular formula is C28H40O8. The van der Waals surface area contributed by atoms with E-state index in [0.717, 1.165) is 31.3 Å². The number of carbonyl (C=O) groups excluding carboxylic acids is 2. The number of aliphatic hydroxyl groups excluding tert-OH is 1. The first kappa shape index (κ1) is 29.7. The molecule has 0 bridgehead atoms. The molecule has 1 aliphatic heterocycles. The van der Waals surface area contributed by atoms with Crippen LogP contribution in [0.25, 0.3) is 0 Å². The van der Waals surface area contributed by atoms with Crippen LogP contribution in [0.3, 0.4) is 0 Å². The van der Waals surface area contributed by atoms with Gasteiger partial charge in [-0.1, -0.05) is 34.9 Å². The number of fused-ring (bicyclic) bond motifs is 1. The molecular weight excluding hydrogens is 464 g/mol. The predicted octanol–water partition coefficient (Wildman–Crippen LogP) is 3.96. The SMILES string of the molecule is CC(C)=CCC/C(C)=C/CC/C(C)=C/C[C@@]12O[C@@H]1[C@H](O)C(COC(=O)CC(C)(O)CC(=O)O)=CC2=O. The molecule has 0 aromatic carbocycles. The van der Waals surface area contributed by atoms with E-state index < -0.39 is 48.2 Å². The van der Waals surface area contributed by atoms with E-state index in [1.807, 2.05) is 13.0 Å². The van der Waals surface area contributed by atoms with E-state index in [0.29, 0.717) is 6.42 Å². The van der Waals surface area contributed by atoms with Crippen LogP contribution >= 0.6 is 0 Å². The first-order valence-electron chi connectivity index (χ1n) is 12.4. The number of rotatable bonds is 14. The van der Waals surface area contributed by atoms with Gasteiger partial charge in [-0.25, -0.2) is 0 Å². The van der Waals surface area contributed by atoms with Crippen molar-refractivity contribution in [2.75, 3.05) is 6.61 Å². The van der Waals surface area contributed by atoms with E-state index >= 15 is 0 Å². The van der Waals surface area contributed by atoms with Gasteiger partial charge >= 0.3 is 11.9 Å². The van der Waals surface area contributed by atoms with Gasteiger partial charge in [-0.3, -0.25) is 14.4 Å². The van der Waals surface area contributed by atoms with E-state index in [1.165, 1.54) is 24.1 Å². The largest absolute Gasteiger partial charge is 0.481 e. The first-order valence-corrected chi connectivity index (χ1v) is 12.4. The van der Waals surface area contributed by atoms with Crippen LogP contribution in [0.5, 0.6) is 0 Å². The second kappa shape index (κ2) is 12.6. The molecule has 8 nitrogen and oxygen atoms in total. The van der Waals surface area contributed by atoms with Gasteiger partial charge in [0, 0.05) is 12.0 Å². The molecule has 1 fully saturated rings. The van der Waals surface area contributed by atoms with Crippen molar-refractivity contribution in [2.24, 2.45) is 0 Å². The number of carboxylic acid groups (broad SMARTS) is 1. The Bertz CT molecular complexity index is 964. The second-order valence-electron chi connectivity index (χ2n) is 10.5. The molecule has 0 spiro atoms. The lowest BCUT2D eigenvalue weighted by Gasteiger charge is -2.22. The summed E-state index contributed by atoms with van der Waals surface area (Å²) < 4.78 is 10.7. The third-order valence-electron chi connectivity index (χ3n) is 6.47. The van der Waals surface area contributed by atoms with E-state index in [-0.39, 0.29) is 18.0 Å². The van der Waals surface area contributed by atoms with Crippen LogP contribution < -0.4 is 0 Å². The number of hydrogen-bond donors (Lipinski definition) is 3. The molecule has 0 saturated carbocycles. The predicted molar refractivity (Wildman–Crippen MR) is 135 cm³/mol. The third-order valence-corrected chi connectivity index (χ3v) is 6.47. The molecule has 36 heavy (non-hydrogen) atoms. The zero-order chi connectivity index (χ0) is 27.1. The van der Waals surface area contributed by atoms with Crippen LogP contribution in [-0.4, -0.2) is 63.1 Å². The highest BCUT2D eigenvalue weighted by Gasteiger charge is 2.66. The minimum absolute atomic E-state index is 0.221. The highest BCUT2D eigenvalue weighted by Crippen LogP contribution is 2.48. The summed E-state index contributed by atoms with van der Waals surface area (Å²) in [6.07, 6.45) is 9.08. The number of epoxide rings is 1. The molecule has 0 radical (unpaired) electrons. The summed E-state index contributed by atoms with van der Waals surface area (Å²) in [5.41, 5.74) is 1.23. The maximum absolute atomic E-state index is 12.8. The topological polar surface area (TPSA) is 134 Å². The molecule has 1 aliphatic carbocycles. The molecule has 0 amide bonds. The fourth-order valence-electron chi connectivity index (χ4n) is 4.25. The zero-order valence-electron chi connectivity index (χ0n) is 22.0. The van der Waals surface area contributed by atoms with E-state index in [4.69, 9.17) is 14.6 Å². The maximum atomic E-state index is 12.8. The highest BCUT2D eigenvalue weighted by atomic mass is 16.6. The summed E-state index contributed by atoms with van der Waals surface area (Å²) in [5.74, 6) is -2.34. The number of hydrogen-bond acceptors (Lipinski definition) is 7. The van der Waals surface area contributed by atoms with Crippen LogP contribution in [0.1, 0.15) is 79.6 Å². The summed E-state index contributed by atoms with van der Waals surface area (Å²) in [6.45, 7) is 9.25. The minimum Gasteiger partial charge on any atom is -0.481 e. The van der Waals surface area contributed by atoms with Gasteiger partial charge in [0.2, 0.25) is 0 Å². The Balaban J connectivity index is 1.85. The van der Waals surface area contributed by atoms with Gasteiger partial charge in [0.25, 0.3) is 0 Å². The number of carbonyl (C=O) groups is 3. The van der Waals surface area contributed by atoms with Crippen LogP contribution in [0.15, 0.2) is 46.6 Å². The third kappa shape index (κ3) is 8.84. The van der Waals surface area contributed by atoms with Crippen molar-refractivity contribution in [3.63, 3.8) is 0 Å². The number of aliphatic carboxylic acids is 1. The Labute approximate surface area is 213 Å². The fraction of sp³-hybridized carbons (Fsp3) is 0.607. The normalized spacial score (nSPS) is 25.4. The van der Waals surface area contributed by atoms with Crippen molar-refractivity contribution in [1.29, 1.82) is 0 Å². The van der Waals surface area contributed by atoms with E-state index in [2.05, 4.69) is 32.9 Å². The van der Waals surface area contributed by atoms with Gasteiger partial charge in [-0.05, 0) is 66.4 Å². The molecule has 1 saturated heterocycles. The van der Waals surface area contributed by atoms with Gasteiger partial charge in [-0.2, -0.15) is 0 Å². The summed E-state index contributed by atoms with van der Waals surface area (Å²) in [5, 5.41) is 29.4. The lowest BCUT2D eigenvalue weighted by molar-refractivity contribution is -0.151. The zero-order valence-corrected chi connectivity index (χ0v) is 22.0. The van der Waals surface area contributed by atoms with Crippen molar-refractivity contribution in [3.8, 4) is 0 Å². The van der Waals surface area contributed by atoms with Crippen molar-refractivity contribution in [3.05, 3.63) is 46.6 Å². The average molecular weight is 505 g/mol. The molecule has 0 aromatic heterocycles. The van der Waals surface area contributed by atoms with Gasteiger partial charge in [0.05, 0.1) is 18.4 Å². The molecule has 1 unspecified atom stereocenters. The number of aliphatic hydroxyl groups is 2. The first-order chi connectivity index (χ1) is 16.8. The summed E-state index contributed by atoms with van der Waals surface area (Å²) in [7, 11) is 0. The highest BCUT2D eigenvalue weighted by molar-refractivity contribution is 6.02. The van der Waals surface area contributed by atoms with Gasteiger partial charge in [0.1, 0.15) is 18.8 Å². The summed E-state index contributed by atoms with van der Waals surface area (Å²) in [6, 6.07) is 0. The molecule has 8 heteroatoms. The second-order valence-corrected chi connectivity index (χ2v) is 10.5. The van der Waals surface area contributed by atoms with Crippen molar-refractivity contribution in [1.82, 2.24) is 0 Å². The number of ether oxygens (including phenoxy) is 2.